The van der Waals surface area contributed by atoms with Gasteiger partial charge in [-0.1, -0.05) is 11.8 Å². The number of thioether (sulfide) groups is 1. The third-order valence-electron chi connectivity index (χ3n) is 3.67. The van der Waals surface area contributed by atoms with E-state index < -0.39 is 0 Å². The standard InChI is InChI=1S/C14H17N3O2S2/c1-2-17-13-11(16-14(17)20-7-10(15)18)12(19)8-5-3-4-6-9(8)21-13/h2-7H2,1H3,(H2,15,18). The molecule has 0 radical (unpaired) electrons. The fraction of sp³-hybridized carbons (Fsp3) is 0.500. The van der Waals surface area contributed by atoms with Crippen molar-refractivity contribution in [3.05, 3.63) is 20.7 Å². The fourth-order valence-electron chi connectivity index (χ4n) is 2.68. The van der Waals surface area contributed by atoms with Crippen LogP contribution in [-0.4, -0.2) is 21.2 Å². The van der Waals surface area contributed by atoms with Crippen LogP contribution in [0.15, 0.2) is 9.95 Å². The second-order valence-electron chi connectivity index (χ2n) is 5.09. The average molecular weight is 323 g/mol. The van der Waals surface area contributed by atoms with E-state index in [2.05, 4.69) is 4.98 Å². The number of nitrogens with zero attached hydrogens (tertiary/aromatic N) is 2. The predicted octanol–water partition coefficient (Wildman–Crippen LogP) is 1.93. The number of carbonyl (C=O) groups excluding carboxylic acids is 1. The molecule has 1 amide bonds. The highest BCUT2D eigenvalue weighted by Gasteiger charge is 2.21. The van der Waals surface area contributed by atoms with Gasteiger partial charge in [0.1, 0.15) is 10.3 Å². The lowest BCUT2D eigenvalue weighted by Gasteiger charge is -2.13. The Labute approximate surface area is 130 Å². The predicted molar refractivity (Wildman–Crippen MR) is 86.1 cm³/mol. The van der Waals surface area contributed by atoms with E-state index in [1.165, 1.54) is 16.6 Å². The van der Waals surface area contributed by atoms with Crippen molar-refractivity contribution in [2.75, 3.05) is 5.75 Å². The zero-order valence-electron chi connectivity index (χ0n) is 11.8. The second kappa shape index (κ2) is 5.81. The second-order valence-corrected chi connectivity index (χ2v) is 7.11. The summed E-state index contributed by atoms with van der Waals surface area (Å²) in [5.41, 5.74) is 6.78. The van der Waals surface area contributed by atoms with E-state index in [0.29, 0.717) is 10.7 Å². The largest absolute Gasteiger partial charge is 0.369 e. The third-order valence-corrected chi connectivity index (χ3v) is 5.97. The highest BCUT2D eigenvalue weighted by Crippen LogP contribution is 2.31. The van der Waals surface area contributed by atoms with E-state index in [1.807, 2.05) is 11.5 Å². The third kappa shape index (κ3) is 2.60. The van der Waals surface area contributed by atoms with Gasteiger partial charge in [0.2, 0.25) is 11.3 Å². The minimum atomic E-state index is -0.375. The minimum Gasteiger partial charge on any atom is -0.369 e. The summed E-state index contributed by atoms with van der Waals surface area (Å²) in [6.07, 6.45) is 4.09. The SMILES string of the molecule is CCn1c(SCC(N)=O)nc2c(=O)c3c(sc21)CCCC3. The average Bonchev–Trinajstić information content (AvgIpc) is 2.83. The summed E-state index contributed by atoms with van der Waals surface area (Å²) in [5, 5.41) is 0.710. The van der Waals surface area contributed by atoms with Gasteiger partial charge < -0.3 is 10.3 Å². The van der Waals surface area contributed by atoms with Gasteiger partial charge in [-0.05, 0) is 32.6 Å². The van der Waals surface area contributed by atoms with Crippen LogP contribution in [0, 0.1) is 0 Å². The maximum Gasteiger partial charge on any atom is 0.227 e. The van der Waals surface area contributed by atoms with Crippen molar-refractivity contribution in [3.63, 3.8) is 0 Å². The summed E-state index contributed by atoms with van der Waals surface area (Å²) >= 11 is 2.98. The van der Waals surface area contributed by atoms with Gasteiger partial charge in [0, 0.05) is 17.0 Å². The first-order valence-electron chi connectivity index (χ1n) is 7.08. The first-order valence-corrected chi connectivity index (χ1v) is 8.88. The van der Waals surface area contributed by atoms with E-state index in [4.69, 9.17) is 5.73 Å². The van der Waals surface area contributed by atoms with Crippen molar-refractivity contribution >= 4 is 39.4 Å². The Morgan fingerprint density at radius 2 is 2.19 bits per heavy atom. The van der Waals surface area contributed by atoms with E-state index in [9.17, 15) is 9.59 Å². The Morgan fingerprint density at radius 1 is 1.43 bits per heavy atom. The molecule has 3 rings (SSSR count). The van der Waals surface area contributed by atoms with Gasteiger partial charge >= 0.3 is 0 Å². The molecular weight excluding hydrogens is 306 g/mol. The van der Waals surface area contributed by atoms with Crippen LogP contribution in [0.5, 0.6) is 0 Å². The topological polar surface area (TPSA) is 78.0 Å². The van der Waals surface area contributed by atoms with Crippen LogP contribution >= 0.6 is 23.1 Å². The quantitative estimate of drug-likeness (QED) is 0.872. The number of aromatic nitrogens is 2. The van der Waals surface area contributed by atoms with Gasteiger partial charge in [-0.3, -0.25) is 9.59 Å². The Balaban J connectivity index is 2.16. The van der Waals surface area contributed by atoms with Gasteiger partial charge in [-0.15, -0.1) is 11.3 Å². The van der Waals surface area contributed by atoms with Crippen LogP contribution < -0.4 is 11.2 Å². The Kier molecular flexibility index (Phi) is 4.03. The monoisotopic (exact) mass is 323 g/mol. The molecule has 7 heteroatoms. The maximum absolute atomic E-state index is 12.6. The fourth-order valence-corrected chi connectivity index (χ4v) is 4.90. The van der Waals surface area contributed by atoms with Crippen LogP contribution in [0.4, 0.5) is 0 Å². The van der Waals surface area contributed by atoms with Crippen LogP contribution in [0.25, 0.3) is 10.3 Å². The summed E-state index contributed by atoms with van der Waals surface area (Å²) < 4.78 is 2.02. The highest BCUT2D eigenvalue weighted by atomic mass is 32.2. The molecule has 0 saturated heterocycles. The summed E-state index contributed by atoms with van der Waals surface area (Å²) in [6, 6.07) is 0. The molecule has 2 aromatic heterocycles. The summed E-state index contributed by atoms with van der Waals surface area (Å²) in [5.74, 6) is -0.193. The molecule has 1 aliphatic carbocycles. The number of carbonyl (C=O) groups is 1. The molecule has 2 heterocycles. The number of nitrogens with two attached hydrogens (primary N) is 1. The number of hydrogen-bond acceptors (Lipinski definition) is 5. The molecule has 2 aromatic rings. The summed E-state index contributed by atoms with van der Waals surface area (Å²) in [4.78, 5) is 30.2. The highest BCUT2D eigenvalue weighted by molar-refractivity contribution is 7.99. The minimum absolute atomic E-state index is 0.0755. The molecule has 112 valence electrons. The van der Waals surface area contributed by atoms with Crippen molar-refractivity contribution in [2.24, 2.45) is 5.73 Å². The molecule has 0 fully saturated rings. The van der Waals surface area contributed by atoms with Crippen molar-refractivity contribution < 1.29 is 4.79 Å². The van der Waals surface area contributed by atoms with Crippen molar-refractivity contribution in [3.8, 4) is 0 Å². The van der Waals surface area contributed by atoms with Crippen molar-refractivity contribution in [2.45, 2.75) is 44.3 Å². The van der Waals surface area contributed by atoms with E-state index in [1.54, 1.807) is 11.3 Å². The molecule has 0 unspecified atom stereocenters. The van der Waals surface area contributed by atoms with E-state index in [-0.39, 0.29) is 17.1 Å². The number of imidazole rings is 1. The van der Waals surface area contributed by atoms with Gasteiger partial charge in [0.25, 0.3) is 0 Å². The molecule has 1 aliphatic rings. The van der Waals surface area contributed by atoms with Crippen LogP contribution in [0.1, 0.15) is 30.2 Å². The number of hydrogen-bond donors (Lipinski definition) is 1. The molecule has 2 N–H and O–H groups in total. The molecule has 21 heavy (non-hydrogen) atoms. The summed E-state index contributed by atoms with van der Waals surface area (Å²) in [7, 11) is 0. The number of primary amides is 1. The number of amides is 1. The molecule has 0 spiro atoms. The van der Waals surface area contributed by atoms with Crippen molar-refractivity contribution in [1.29, 1.82) is 0 Å². The maximum atomic E-state index is 12.6. The van der Waals surface area contributed by atoms with Crippen LogP contribution in [-0.2, 0) is 24.2 Å². The lowest BCUT2D eigenvalue weighted by molar-refractivity contribution is -0.115. The first-order chi connectivity index (χ1) is 10.1. The molecule has 0 aromatic carbocycles. The number of fused-ring (bicyclic) bond motifs is 2. The normalized spacial score (nSPS) is 14.3. The first kappa shape index (κ1) is 14.6. The Bertz CT molecular complexity index is 764. The Morgan fingerprint density at radius 3 is 2.90 bits per heavy atom. The zero-order valence-corrected chi connectivity index (χ0v) is 13.5. The van der Waals surface area contributed by atoms with Crippen LogP contribution in [0.3, 0.4) is 0 Å². The van der Waals surface area contributed by atoms with E-state index >= 15 is 0 Å². The molecule has 0 bridgehead atoms. The number of rotatable bonds is 4. The molecule has 0 atom stereocenters. The van der Waals surface area contributed by atoms with Crippen molar-refractivity contribution in [1.82, 2.24) is 9.55 Å². The Hall–Kier alpha value is -1.34. The molecule has 0 aliphatic heterocycles. The molecule has 5 nitrogen and oxygen atoms in total. The van der Waals surface area contributed by atoms with Gasteiger partial charge in [0.05, 0.1) is 5.75 Å². The lowest BCUT2D eigenvalue weighted by atomic mass is 9.98. The van der Waals surface area contributed by atoms with Gasteiger partial charge in [-0.25, -0.2) is 4.98 Å². The molecular formula is C14H17N3O2S2. The molecule has 0 saturated carbocycles. The zero-order chi connectivity index (χ0) is 15.0. The lowest BCUT2D eigenvalue weighted by Crippen LogP contribution is -2.15. The number of aryl methyl sites for hydroxylation is 2. The summed E-state index contributed by atoms with van der Waals surface area (Å²) in [6.45, 7) is 2.75. The van der Waals surface area contributed by atoms with E-state index in [0.717, 1.165) is 42.6 Å². The van der Waals surface area contributed by atoms with Gasteiger partial charge in [0.15, 0.2) is 5.16 Å². The smallest absolute Gasteiger partial charge is 0.227 e. The van der Waals surface area contributed by atoms with Crippen LogP contribution in [0.2, 0.25) is 0 Å². The van der Waals surface area contributed by atoms with Gasteiger partial charge in [-0.2, -0.15) is 0 Å².